The first kappa shape index (κ1) is 20.5. The Labute approximate surface area is 180 Å². The highest BCUT2D eigenvalue weighted by Gasteiger charge is 2.24. The van der Waals surface area contributed by atoms with Gasteiger partial charge in [-0.1, -0.05) is 0 Å². The molecule has 0 aromatic heterocycles. The summed E-state index contributed by atoms with van der Waals surface area (Å²) in [6, 6.07) is 10.8. The molecule has 2 aromatic rings. The van der Waals surface area contributed by atoms with Crippen molar-refractivity contribution in [3.63, 3.8) is 0 Å². The van der Waals surface area contributed by atoms with Crippen molar-refractivity contribution in [3.05, 3.63) is 58.2 Å². The number of carbonyl (C=O) groups is 1. The number of rotatable bonds is 5. The number of ether oxygens (including phenoxy) is 1. The number of hydrogen-bond donors (Lipinski definition) is 1. The summed E-state index contributed by atoms with van der Waals surface area (Å²) in [7, 11) is 0. The van der Waals surface area contributed by atoms with E-state index in [0.717, 1.165) is 42.9 Å². The van der Waals surface area contributed by atoms with E-state index < -0.39 is 0 Å². The van der Waals surface area contributed by atoms with Crippen LogP contribution in [0.5, 0.6) is 5.75 Å². The van der Waals surface area contributed by atoms with Crippen LogP contribution in [0.4, 0.5) is 15.8 Å². The first-order valence-electron chi connectivity index (χ1n) is 10.1. The summed E-state index contributed by atoms with van der Waals surface area (Å²) in [5.41, 5.74) is 3.01. The molecule has 0 spiro atoms. The maximum atomic E-state index is 14.7. The zero-order chi connectivity index (χ0) is 21.1. The van der Waals surface area contributed by atoms with Gasteiger partial charge in [0, 0.05) is 13.1 Å². The van der Waals surface area contributed by atoms with Crippen molar-refractivity contribution >= 4 is 40.3 Å². The zero-order valence-electron chi connectivity index (χ0n) is 17.1. The molecule has 0 atom stereocenters. The number of aryl methyl sites for hydroxylation is 1. The number of nitrogens with one attached hydrogen (secondary N) is 1. The molecular formula is C23H24FN3O2S. The van der Waals surface area contributed by atoms with E-state index in [1.807, 2.05) is 44.2 Å². The first-order valence-corrected chi connectivity index (χ1v) is 10.9. The second kappa shape index (κ2) is 8.92. The highest BCUT2D eigenvalue weighted by molar-refractivity contribution is 8.18. The second-order valence-electron chi connectivity index (χ2n) is 7.26. The predicted molar refractivity (Wildman–Crippen MR) is 121 cm³/mol. The molecule has 0 bridgehead atoms. The number of halogens is 1. The van der Waals surface area contributed by atoms with Gasteiger partial charge in [-0.15, -0.1) is 0 Å². The number of thioether (sulfide) groups is 1. The average Bonchev–Trinajstić information content (AvgIpc) is 3.37. The van der Waals surface area contributed by atoms with E-state index in [0.29, 0.717) is 27.9 Å². The van der Waals surface area contributed by atoms with Crippen LogP contribution in [-0.2, 0) is 4.79 Å². The normalized spacial score (nSPS) is 19.0. The lowest BCUT2D eigenvalue weighted by molar-refractivity contribution is -0.115. The van der Waals surface area contributed by atoms with Gasteiger partial charge in [0.05, 0.1) is 22.9 Å². The highest BCUT2D eigenvalue weighted by atomic mass is 32.2. The van der Waals surface area contributed by atoms with Gasteiger partial charge in [-0.25, -0.2) is 9.38 Å². The molecule has 5 nitrogen and oxygen atoms in total. The van der Waals surface area contributed by atoms with E-state index in [-0.39, 0.29) is 11.7 Å². The van der Waals surface area contributed by atoms with Crippen molar-refractivity contribution in [1.29, 1.82) is 0 Å². The number of hydrogen-bond acceptors (Lipinski definition) is 5. The minimum atomic E-state index is -0.249. The van der Waals surface area contributed by atoms with Gasteiger partial charge in [0.15, 0.2) is 5.17 Å². The van der Waals surface area contributed by atoms with Crippen molar-refractivity contribution < 1.29 is 13.9 Å². The molecule has 1 amide bonds. The highest BCUT2D eigenvalue weighted by Crippen LogP contribution is 2.32. The Morgan fingerprint density at radius 2 is 1.97 bits per heavy atom. The van der Waals surface area contributed by atoms with E-state index in [1.165, 1.54) is 17.8 Å². The molecule has 2 saturated heterocycles. The van der Waals surface area contributed by atoms with Gasteiger partial charge in [0.2, 0.25) is 0 Å². The lowest BCUT2D eigenvalue weighted by Gasteiger charge is -2.19. The van der Waals surface area contributed by atoms with Crippen LogP contribution in [0.1, 0.15) is 30.9 Å². The van der Waals surface area contributed by atoms with Crippen molar-refractivity contribution in [2.24, 2.45) is 4.99 Å². The van der Waals surface area contributed by atoms with E-state index in [9.17, 15) is 9.18 Å². The van der Waals surface area contributed by atoms with Crippen LogP contribution >= 0.6 is 11.8 Å². The summed E-state index contributed by atoms with van der Waals surface area (Å²) < 4.78 is 20.1. The molecule has 30 heavy (non-hydrogen) atoms. The SMILES string of the molecule is CCOc1ccc(N=C2NC(=O)/C(=C/c3cc(F)c(N4CCCC4)cc3C)S2)cc1. The molecule has 7 heteroatoms. The van der Waals surface area contributed by atoms with Crippen LogP contribution < -0.4 is 15.0 Å². The Balaban J connectivity index is 1.53. The molecular weight excluding hydrogens is 401 g/mol. The fraction of sp³-hybridized carbons (Fsp3) is 0.304. The summed E-state index contributed by atoms with van der Waals surface area (Å²) >= 11 is 1.25. The fourth-order valence-corrected chi connectivity index (χ4v) is 4.39. The maximum absolute atomic E-state index is 14.7. The minimum Gasteiger partial charge on any atom is -0.494 e. The van der Waals surface area contributed by atoms with Crippen LogP contribution in [0.2, 0.25) is 0 Å². The number of amides is 1. The summed E-state index contributed by atoms with van der Waals surface area (Å²) in [5.74, 6) is 0.300. The van der Waals surface area contributed by atoms with Crippen LogP contribution in [0, 0.1) is 12.7 Å². The van der Waals surface area contributed by atoms with Crippen LogP contribution in [-0.4, -0.2) is 30.8 Å². The number of nitrogens with zero attached hydrogens (tertiary/aromatic N) is 2. The number of anilines is 1. The van der Waals surface area contributed by atoms with E-state index >= 15 is 0 Å². The summed E-state index contributed by atoms with van der Waals surface area (Å²) in [4.78, 5) is 19.4. The molecule has 4 rings (SSSR count). The van der Waals surface area contributed by atoms with Crippen LogP contribution in [0.3, 0.4) is 0 Å². The van der Waals surface area contributed by atoms with E-state index in [2.05, 4.69) is 15.2 Å². The Hall–Kier alpha value is -2.80. The van der Waals surface area contributed by atoms with E-state index in [1.54, 1.807) is 6.08 Å². The quantitative estimate of drug-likeness (QED) is 0.683. The third-order valence-electron chi connectivity index (χ3n) is 5.10. The van der Waals surface area contributed by atoms with E-state index in [4.69, 9.17) is 4.74 Å². The average molecular weight is 426 g/mol. The topological polar surface area (TPSA) is 53.9 Å². The monoisotopic (exact) mass is 425 g/mol. The molecule has 0 aliphatic carbocycles. The van der Waals surface area contributed by atoms with Crippen molar-refractivity contribution in [3.8, 4) is 5.75 Å². The van der Waals surface area contributed by atoms with Crippen molar-refractivity contribution in [2.75, 3.05) is 24.6 Å². The first-order chi connectivity index (χ1) is 14.5. The van der Waals surface area contributed by atoms with Crippen molar-refractivity contribution in [1.82, 2.24) is 5.32 Å². The molecule has 2 heterocycles. The smallest absolute Gasteiger partial charge is 0.264 e. The molecule has 1 N–H and O–H groups in total. The van der Waals surface area contributed by atoms with Gasteiger partial charge >= 0.3 is 0 Å². The summed E-state index contributed by atoms with van der Waals surface area (Å²) in [5, 5.41) is 3.28. The zero-order valence-corrected chi connectivity index (χ0v) is 17.9. The number of carbonyl (C=O) groups excluding carboxylic acids is 1. The second-order valence-corrected chi connectivity index (χ2v) is 8.29. The van der Waals surface area contributed by atoms with Gasteiger partial charge in [0.1, 0.15) is 11.6 Å². The lowest BCUT2D eigenvalue weighted by Crippen LogP contribution is -2.19. The molecule has 156 valence electrons. The molecule has 2 fully saturated rings. The summed E-state index contributed by atoms with van der Waals surface area (Å²) in [6.45, 7) is 6.26. The standard InChI is InChI=1S/C23H24FN3O2S/c1-3-29-18-8-6-17(7-9-18)25-23-26-22(28)21(30-23)14-16-13-19(24)20(12-15(16)2)27-10-4-5-11-27/h6-9,12-14H,3-5,10-11H2,1-2H3,(H,25,26,28)/b21-14-. The largest absolute Gasteiger partial charge is 0.494 e. The molecule has 0 radical (unpaired) electrons. The molecule has 0 unspecified atom stereocenters. The van der Waals surface area contributed by atoms with Crippen LogP contribution in [0.25, 0.3) is 6.08 Å². The lowest BCUT2D eigenvalue weighted by atomic mass is 10.1. The third kappa shape index (κ3) is 4.51. The molecule has 2 aliphatic rings. The predicted octanol–water partition coefficient (Wildman–Crippen LogP) is 5.02. The van der Waals surface area contributed by atoms with Gasteiger partial charge in [-0.05, 0) is 92.1 Å². The van der Waals surface area contributed by atoms with Gasteiger partial charge in [-0.3, -0.25) is 4.79 Å². The summed E-state index contributed by atoms with van der Waals surface area (Å²) in [6.07, 6.45) is 3.92. The van der Waals surface area contributed by atoms with Gasteiger partial charge in [-0.2, -0.15) is 0 Å². The van der Waals surface area contributed by atoms with Crippen molar-refractivity contribution in [2.45, 2.75) is 26.7 Å². The number of amidine groups is 1. The maximum Gasteiger partial charge on any atom is 0.264 e. The Kier molecular flexibility index (Phi) is 6.08. The Bertz CT molecular complexity index is 1010. The molecule has 2 aliphatic heterocycles. The third-order valence-corrected chi connectivity index (χ3v) is 6.01. The minimum absolute atomic E-state index is 0.229. The Morgan fingerprint density at radius 3 is 2.67 bits per heavy atom. The van der Waals surface area contributed by atoms with Crippen LogP contribution in [0.15, 0.2) is 46.3 Å². The fourth-order valence-electron chi connectivity index (χ4n) is 3.56. The molecule has 2 aromatic carbocycles. The van der Waals surface area contributed by atoms with Gasteiger partial charge < -0.3 is 15.0 Å². The number of benzene rings is 2. The Morgan fingerprint density at radius 1 is 1.23 bits per heavy atom. The molecule has 0 saturated carbocycles. The number of aliphatic imine (C=N–C) groups is 1. The van der Waals surface area contributed by atoms with Gasteiger partial charge in [0.25, 0.3) is 5.91 Å².